The molecule has 0 radical (unpaired) electrons. The predicted molar refractivity (Wildman–Crippen MR) is 91.0 cm³/mol. The van der Waals surface area contributed by atoms with Gasteiger partial charge in [0.2, 0.25) is 0 Å². The number of carbonyl (C=O) groups is 1. The van der Waals surface area contributed by atoms with E-state index in [2.05, 4.69) is 5.32 Å². The van der Waals surface area contributed by atoms with Crippen LogP contribution in [0.15, 0.2) is 48.5 Å². The number of carbonyl (C=O) groups excluding carboxylic acids is 1. The Morgan fingerprint density at radius 2 is 1.83 bits per heavy atom. The van der Waals surface area contributed by atoms with Crippen molar-refractivity contribution in [3.05, 3.63) is 64.9 Å². The van der Waals surface area contributed by atoms with Gasteiger partial charge in [0.15, 0.2) is 0 Å². The number of rotatable bonds is 3. The van der Waals surface area contributed by atoms with E-state index in [-0.39, 0.29) is 17.8 Å². The van der Waals surface area contributed by atoms with Crippen LogP contribution < -0.4 is 10.1 Å². The van der Waals surface area contributed by atoms with E-state index in [1.165, 1.54) is 24.3 Å². The fourth-order valence-electron chi connectivity index (χ4n) is 2.93. The van der Waals surface area contributed by atoms with E-state index in [0.717, 1.165) is 12.1 Å². The third-order valence-electron chi connectivity index (χ3n) is 4.28. The quantitative estimate of drug-likeness (QED) is 0.920. The van der Waals surface area contributed by atoms with Gasteiger partial charge in [0.05, 0.1) is 6.04 Å². The molecule has 4 nitrogen and oxygen atoms in total. The van der Waals surface area contributed by atoms with Gasteiger partial charge < -0.3 is 15.0 Å². The van der Waals surface area contributed by atoms with Crippen molar-refractivity contribution < 1.29 is 13.9 Å². The molecule has 24 heavy (non-hydrogen) atoms. The predicted octanol–water partition coefficient (Wildman–Crippen LogP) is 3.67. The lowest BCUT2D eigenvalue weighted by atomic mass is 9.94. The van der Waals surface area contributed by atoms with Gasteiger partial charge in [0, 0.05) is 31.1 Å². The average molecular weight is 349 g/mol. The van der Waals surface area contributed by atoms with Crippen molar-refractivity contribution in [1.82, 2.24) is 10.2 Å². The van der Waals surface area contributed by atoms with Crippen LogP contribution in [0, 0.1) is 5.82 Å². The van der Waals surface area contributed by atoms with Crippen molar-refractivity contribution in [3.63, 3.8) is 0 Å². The Kier molecular flexibility index (Phi) is 5.02. The molecule has 1 saturated heterocycles. The molecule has 0 unspecified atom stereocenters. The van der Waals surface area contributed by atoms with Gasteiger partial charge in [0.1, 0.15) is 11.6 Å². The molecular formula is C18H18ClFN2O2. The molecule has 2 aromatic rings. The summed E-state index contributed by atoms with van der Waals surface area (Å²) in [6, 6.07) is 13.0. The minimum absolute atomic E-state index is 0.0286. The highest BCUT2D eigenvalue weighted by Crippen LogP contribution is 2.28. The summed E-state index contributed by atoms with van der Waals surface area (Å²) in [5.41, 5.74) is 1.12. The Morgan fingerprint density at radius 1 is 1.17 bits per heavy atom. The topological polar surface area (TPSA) is 41.6 Å². The zero-order valence-electron chi connectivity index (χ0n) is 13.2. The van der Waals surface area contributed by atoms with Crippen LogP contribution in [0.25, 0.3) is 0 Å². The lowest BCUT2D eigenvalue weighted by Gasteiger charge is -2.28. The van der Waals surface area contributed by atoms with E-state index in [1.54, 1.807) is 11.9 Å². The molecular weight excluding hydrogens is 331 g/mol. The first kappa shape index (κ1) is 16.7. The van der Waals surface area contributed by atoms with Crippen molar-refractivity contribution in [2.45, 2.75) is 12.0 Å². The van der Waals surface area contributed by atoms with Gasteiger partial charge >= 0.3 is 6.09 Å². The molecule has 0 aliphatic carbocycles. The normalized spacial score (nSPS) is 20.0. The Labute approximate surface area is 145 Å². The van der Waals surface area contributed by atoms with E-state index >= 15 is 0 Å². The summed E-state index contributed by atoms with van der Waals surface area (Å²) in [6.07, 6.45) is -0.464. The smallest absolute Gasteiger partial charge is 0.410 e. The molecule has 0 bridgehead atoms. The minimum Gasteiger partial charge on any atom is -0.410 e. The minimum atomic E-state index is -0.464. The zero-order valence-corrected chi connectivity index (χ0v) is 14.0. The summed E-state index contributed by atoms with van der Waals surface area (Å²) in [6.45, 7) is 1.46. The fourth-order valence-corrected chi connectivity index (χ4v) is 3.06. The monoisotopic (exact) mass is 348 g/mol. The van der Waals surface area contributed by atoms with Crippen molar-refractivity contribution in [1.29, 1.82) is 0 Å². The van der Waals surface area contributed by atoms with E-state index in [4.69, 9.17) is 16.3 Å². The Balaban J connectivity index is 1.70. The second-order valence-electron chi connectivity index (χ2n) is 5.82. The molecule has 6 heteroatoms. The van der Waals surface area contributed by atoms with Crippen LogP contribution in [-0.2, 0) is 0 Å². The van der Waals surface area contributed by atoms with Crippen LogP contribution in [0.2, 0.25) is 5.02 Å². The van der Waals surface area contributed by atoms with Crippen molar-refractivity contribution in [2.24, 2.45) is 0 Å². The van der Waals surface area contributed by atoms with Crippen LogP contribution in [0.3, 0.4) is 0 Å². The Bertz CT molecular complexity index is 706. The zero-order chi connectivity index (χ0) is 17.1. The summed E-state index contributed by atoms with van der Waals surface area (Å²) in [5, 5.41) is 4.00. The summed E-state index contributed by atoms with van der Waals surface area (Å²) >= 11 is 5.94. The van der Waals surface area contributed by atoms with Crippen molar-refractivity contribution in [2.75, 3.05) is 20.1 Å². The fraction of sp³-hybridized carbons (Fsp3) is 0.278. The van der Waals surface area contributed by atoms with Gasteiger partial charge in [-0.1, -0.05) is 23.7 Å². The van der Waals surface area contributed by atoms with Gasteiger partial charge in [-0.05, 0) is 42.0 Å². The summed E-state index contributed by atoms with van der Waals surface area (Å²) in [7, 11) is 1.71. The Hall–Kier alpha value is -2.11. The molecule has 1 N–H and O–H groups in total. The first-order chi connectivity index (χ1) is 11.5. The number of nitrogens with zero attached hydrogens (tertiary/aromatic N) is 1. The van der Waals surface area contributed by atoms with Crippen LogP contribution in [0.5, 0.6) is 5.75 Å². The molecule has 1 amide bonds. The van der Waals surface area contributed by atoms with Crippen LogP contribution in [-0.4, -0.2) is 37.2 Å². The van der Waals surface area contributed by atoms with E-state index in [0.29, 0.717) is 17.3 Å². The average Bonchev–Trinajstić information content (AvgIpc) is 3.06. The number of ether oxygens (including phenoxy) is 1. The van der Waals surface area contributed by atoms with Crippen LogP contribution in [0.4, 0.5) is 9.18 Å². The molecule has 2 aromatic carbocycles. The number of hydrogen-bond donors (Lipinski definition) is 1. The van der Waals surface area contributed by atoms with Gasteiger partial charge in [0.25, 0.3) is 0 Å². The Morgan fingerprint density at radius 3 is 2.50 bits per heavy atom. The number of benzene rings is 2. The third kappa shape index (κ3) is 3.68. The third-order valence-corrected chi connectivity index (χ3v) is 4.54. The van der Waals surface area contributed by atoms with Gasteiger partial charge in [-0.25, -0.2) is 9.18 Å². The second-order valence-corrected chi connectivity index (χ2v) is 6.25. The highest BCUT2D eigenvalue weighted by Gasteiger charge is 2.34. The largest absolute Gasteiger partial charge is 0.415 e. The SMILES string of the molecule is CN(C(=O)Oc1ccc(F)cc1)[C@@H]1CNC[C@H]1c1ccc(Cl)cc1. The molecule has 0 spiro atoms. The summed E-state index contributed by atoms with van der Waals surface area (Å²) in [5.74, 6) is 0.112. The molecule has 0 saturated carbocycles. The molecule has 126 valence electrons. The lowest BCUT2D eigenvalue weighted by Crippen LogP contribution is -2.42. The first-order valence-corrected chi connectivity index (χ1v) is 8.09. The number of nitrogens with one attached hydrogen (secondary N) is 1. The van der Waals surface area contributed by atoms with E-state index < -0.39 is 6.09 Å². The number of likely N-dealkylation sites (N-methyl/N-ethyl adjacent to an activating group) is 1. The van der Waals surface area contributed by atoms with Gasteiger partial charge in [-0.2, -0.15) is 0 Å². The molecule has 0 aromatic heterocycles. The molecule has 1 aliphatic heterocycles. The van der Waals surface area contributed by atoms with Gasteiger partial charge in [-0.3, -0.25) is 0 Å². The molecule has 2 atom stereocenters. The maximum Gasteiger partial charge on any atom is 0.415 e. The number of hydrogen-bond acceptors (Lipinski definition) is 3. The van der Waals surface area contributed by atoms with Crippen LogP contribution in [0.1, 0.15) is 11.5 Å². The molecule has 1 fully saturated rings. The maximum absolute atomic E-state index is 12.9. The van der Waals surface area contributed by atoms with Crippen molar-refractivity contribution >= 4 is 17.7 Å². The molecule has 1 aliphatic rings. The highest BCUT2D eigenvalue weighted by atomic mass is 35.5. The highest BCUT2D eigenvalue weighted by molar-refractivity contribution is 6.30. The summed E-state index contributed by atoms with van der Waals surface area (Å²) in [4.78, 5) is 14.0. The lowest BCUT2D eigenvalue weighted by molar-refractivity contribution is 0.145. The van der Waals surface area contributed by atoms with E-state index in [1.807, 2.05) is 24.3 Å². The van der Waals surface area contributed by atoms with Crippen LogP contribution >= 0.6 is 11.6 Å². The standard InChI is InChI=1S/C18H18ClFN2O2/c1-22(18(23)24-15-8-6-14(20)7-9-15)17-11-21-10-16(17)12-2-4-13(19)5-3-12/h2-9,16-17,21H,10-11H2,1H3/t16-,17+/m0/s1. The maximum atomic E-state index is 12.9. The van der Waals surface area contributed by atoms with Crippen molar-refractivity contribution in [3.8, 4) is 5.75 Å². The second kappa shape index (κ2) is 7.20. The van der Waals surface area contributed by atoms with Gasteiger partial charge in [-0.15, -0.1) is 0 Å². The molecule has 1 heterocycles. The first-order valence-electron chi connectivity index (χ1n) is 7.71. The number of amides is 1. The molecule has 3 rings (SSSR count). The van der Waals surface area contributed by atoms with E-state index in [9.17, 15) is 9.18 Å². The summed E-state index contributed by atoms with van der Waals surface area (Å²) < 4.78 is 18.2. The number of halogens is 2.